The minimum atomic E-state index is -2.96. The van der Waals surface area contributed by atoms with Crippen molar-refractivity contribution in [2.75, 3.05) is 17.3 Å². The fraction of sp³-hybridized carbons (Fsp3) is 0.476. The van der Waals surface area contributed by atoms with E-state index in [1.165, 1.54) is 21.6 Å². The Hall–Kier alpha value is -1.53. The van der Waals surface area contributed by atoms with Crippen LogP contribution in [0.15, 0.2) is 23.1 Å². The standard InChI is InChI=1S/C21H27NO3S2/c1-13-8-14(2)21(15(3)9-13)26-11-20(23)19-10-16(4)22(17(19)5)18-6-7-27(24,25)12-18/h8-10,18H,6-7,11-12H2,1-5H3. The molecule has 4 nitrogen and oxygen atoms in total. The Morgan fingerprint density at radius 2 is 1.74 bits per heavy atom. The van der Waals surface area contributed by atoms with Gasteiger partial charge in [0.25, 0.3) is 0 Å². The summed E-state index contributed by atoms with van der Waals surface area (Å²) in [6.45, 7) is 10.1. The number of rotatable bonds is 5. The highest BCUT2D eigenvalue weighted by Crippen LogP contribution is 2.31. The second-order valence-corrected chi connectivity index (χ2v) is 10.9. The summed E-state index contributed by atoms with van der Waals surface area (Å²) in [6, 6.07) is 6.15. The summed E-state index contributed by atoms with van der Waals surface area (Å²) in [7, 11) is -2.96. The summed E-state index contributed by atoms with van der Waals surface area (Å²) >= 11 is 1.59. The lowest BCUT2D eigenvalue weighted by molar-refractivity contribution is 0.102. The SMILES string of the molecule is Cc1cc(C)c(SCC(=O)c2cc(C)n(C3CCS(=O)(=O)C3)c2C)c(C)c1. The van der Waals surface area contributed by atoms with E-state index in [2.05, 4.69) is 32.9 Å². The molecule has 0 radical (unpaired) electrons. The largest absolute Gasteiger partial charge is 0.344 e. The van der Waals surface area contributed by atoms with E-state index in [0.717, 1.165) is 11.4 Å². The van der Waals surface area contributed by atoms with Crippen LogP contribution >= 0.6 is 11.8 Å². The third-order valence-electron chi connectivity index (χ3n) is 5.31. The molecule has 1 aromatic carbocycles. The van der Waals surface area contributed by atoms with Gasteiger partial charge in [-0.2, -0.15) is 0 Å². The predicted molar refractivity (Wildman–Crippen MR) is 112 cm³/mol. The molecule has 1 fully saturated rings. The predicted octanol–water partition coefficient (Wildman–Crippen LogP) is 4.36. The van der Waals surface area contributed by atoms with E-state index in [-0.39, 0.29) is 23.3 Å². The molecule has 0 spiro atoms. The number of Topliss-reactive ketones (excluding diaryl/α,β-unsaturated/α-hetero) is 1. The summed E-state index contributed by atoms with van der Waals surface area (Å²) in [4.78, 5) is 14.1. The molecule has 0 N–H and O–H groups in total. The van der Waals surface area contributed by atoms with Crippen molar-refractivity contribution in [2.45, 2.75) is 52.0 Å². The van der Waals surface area contributed by atoms with Gasteiger partial charge in [0.2, 0.25) is 0 Å². The fourth-order valence-corrected chi connectivity index (χ4v) is 6.91. The van der Waals surface area contributed by atoms with Crippen molar-refractivity contribution in [3.8, 4) is 0 Å². The van der Waals surface area contributed by atoms with Gasteiger partial charge in [0.1, 0.15) is 0 Å². The summed E-state index contributed by atoms with van der Waals surface area (Å²) in [5.41, 5.74) is 6.20. The molecule has 0 aliphatic carbocycles. The van der Waals surface area contributed by atoms with E-state index in [4.69, 9.17) is 0 Å². The highest BCUT2D eigenvalue weighted by atomic mass is 32.2. The van der Waals surface area contributed by atoms with Gasteiger partial charge in [-0.25, -0.2) is 8.42 Å². The Bertz CT molecular complexity index is 980. The van der Waals surface area contributed by atoms with E-state index in [1.54, 1.807) is 11.8 Å². The van der Waals surface area contributed by atoms with Crippen LogP contribution in [-0.2, 0) is 9.84 Å². The normalized spacial score (nSPS) is 18.8. The Balaban J connectivity index is 1.80. The summed E-state index contributed by atoms with van der Waals surface area (Å²) in [5, 5.41) is 0. The third-order valence-corrected chi connectivity index (χ3v) is 8.40. The first-order valence-electron chi connectivity index (χ1n) is 9.22. The number of hydrogen-bond donors (Lipinski definition) is 0. The molecule has 6 heteroatoms. The Kier molecular flexibility index (Phi) is 5.59. The van der Waals surface area contributed by atoms with Crippen molar-refractivity contribution < 1.29 is 13.2 Å². The molecule has 1 unspecified atom stereocenters. The molecule has 27 heavy (non-hydrogen) atoms. The highest BCUT2D eigenvalue weighted by molar-refractivity contribution is 8.00. The lowest BCUT2D eigenvalue weighted by atomic mass is 10.1. The van der Waals surface area contributed by atoms with Gasteiger partial charge in [-0.05, 0) is 58.2 Å². The quantitative estimate of drug-likeness (QED) is 0.548. The Labute approximate surface area is 166 Å². The molecular formula is C21H27NO3S2. The second kappa shape index (κ2) is 7.47. The first kappa shape index (κ1) is 20.2. The van der Waals surface area contributed by atoms with Crippen molar-refractivity contribution in [3.63, 3.8) is 0 Å². The number of aryl methyl sites for hydroxylation is 4. The number of sulfone groups is 1. The molecule has 3 rings (SSSR count). The van der Waals surface area contributed by atoms with Gasteiger partial charge in [-0.1, -0.05) is 17.7 Å². The van der Waals surface area contributed by atoms with Crippen molar-refractivity contribution >= 4 is 27.4 Å². The lowest BCUT2D eigenvalue weighted by Gasteiger charge is -2.16. The Morgan fingerprint density at radius 3 is 2.30 bits per heavy atom. The molecular weight excluding hydrogens is 378 g/mol. The van der Waals surface area contributed by atoms with Crippen LogP contribution in [-0.4, -0.2) is 36.0 Å². The fourth-order valence-electron chi connectivity index (χ4n) is 4.21. The summed E-state index contributed by atoms with van der Waals surface area (Å²) < 4.78 is 25.7. The van der Waals surface area contributed by atoms with E-state index in [9.17, 15) is 13.2 Å². The number of hydrogen-bond acceptors (Lipinski definition) is 4. The van der Waals surface area contributed by atoms with E-state index < -0.39 is 9.84 Å². The van der Waals surface area contributed by atoms with Crippen LogP contribution in [0.4, 0.5) is 0 Å². The minimum absolute atomic E-state index is 0.0502. The maximum atomic E-state index is 12.9. The molecule has 1 aromatic heterocycles. The van der Waals surface area contributed by atoms with Crippen molar-refractivity contribution in [3.05, 3.63) is 51.8 Å². The number of nitrogens with zero attached hydrogens (tertiary/aromatic N) is 1. The molecule has 1 aliphatic heterocycles. The van der Waals surface area contributed by atoms with Crippen LogP contribution in [0, 0.1) is 34.6 Å². The van der Waals surface area contributed by atoms with Gasteiger partial charge < -0.3 is 4.57 Å². The molecule has 0 amide bonds. The summed E-state index contributed by atoms with van der Waals surface area (Å²) in [5.74, 6) is 0.894. The molecule has 0 bridgehead atoms. The van der Waals surface area contributed by atoms with E-state index in [0.29, 0.717) is 17.7 Å². The first-order valence-corrected chi connectivity index (χ1v) is 12.0. The first-order chi connectivity index (χ1) is 12.6. The highest BCUT2D eigenvalue weighted by Gasteiger charge is 2.31. The van der Waals surface area contributed by atoms with Gasteiger partial charge in [-0.15, -0.1) is 11.8 Å². The van der Waals surface area contributed by atoms with Gasteiger partial charge in [0.05, 0.1) is 17.3 Å². The Morgan fingerprint density at radius 1 is 1.11 bits per heavy atom. The van der Waals surface area contributed by atoms with E-state index in [1.807, 2.05) is 24.5 Å². The molecule has 2 aromatic rings. The smallest absolute Gasteiger partial charge is 0.174 e. The average Bonchev–Trinajstić information content (AvgIpc) is 3.04. The molecule has 1 saturated heterocycles. The zero-order chi connectivity index (χ0) is 19.9. The van der Waals surface area contributed by atoms with Crippen molar-refractivity contribution in [2.24, 2.45) is 0 Å². The van der Waals surface area contributed by atoms with Gasteiger partial charge in [0, 0.05) is 27.9 Å². The van der Waals surface area contributed by atoms with Crippen molar-refractivity contribution in [1.29, 1.82) is 0 Å². The third kappa shape index (κ3) is 4.16. The van der Waals surface area contributed by atoms with Crippen LogP contribution in [0.3, 0.4) is 0 Å². The minimum Gasteiger partial charge on any atom is -0.344 e. The zero-order valence-corrected chi connectivity index (χ0v) is 18.3. The van der Waals surface area contributed by atoms with Gasteiger partial charge >= 0.3 is 0 Å². The molecule has 2 heterocycles. The average molecular weight is 406 g/mol. The van der Waals surface area contributed by atoms with Crippen molar-refractivity contribution in [1.82, 2.24) is 4.57 Å². The number of aromatic nitrogens is 1. The van der Waals surface area contributed by atoms with Crippen LogP contribution in [0.5, 0.6) is 0 Å². The molecule has 1 aliphatic rings. The van der Waals surface area contributed by atoms with Gasteiger partial charge in [-0.3, -0.25) is 4.79 Å². The van der Waals surface area contributed by atoms with E-state index >= 15 is 0 Å². The number of benzene rings is 1. The second-order valence-electron chi connectivity index (χ2n) is 7.65. The molecule has 0 saturated carbocycles. The molecule has 1 atom stereocenters. The summed E-state index contributed by atoms with van der Waals surface area (Å²) in [6.07, 6.45) is 0.628. The number of carbonyl (C=O) groups excluding carboxylic acids is 1. The van der Waals surface area contributed by atoms with Crippen LogP contribution in [0.1, 0.15) is 50.9 Å². The zero-order valence-electron chi connectivity index (χ0n) is 16.6. The lowest BCUT2D eigenvalue weighted by Crippen LogP contribution is -2.14. The number of carbonyl (C=O) groups is 1. The topological polar surface area (TPSA) is 56.1 Å². The molecule has 146 valence electrons. The van der Waals surface area contributed by atoms with Crippen LogP contribution < -0.4 is 0 Å². The van der Waals surface area contributed by atoms with Crippen LogP contribution in [0.25, 0.3) is 0 Å². The number of thioether (sulfide) groups is 1. The maximum absolute atomic E-state index is 12.9. The van der Waals surface area contributed by atoms with Crippen LogP contribution in [0.2, 0.25) is 0 Å². The monoisotopic (exact) mass is 405 g/mol. The maximum Gasteiger partial charge on any atom is 0.174 e. The van der Waals surface area contributed by atoms with Gasteiger partial charge in [0.15, 0.2) is 15.6 Å². The number of ketones is 1.